The van der Waals surface area contributed by atoms with E-state index in [9.17, 15) is 5.11 Å². The van der Waals surface area contributed by atoms with Gasteiger partial charge < -0.3 is 10.4 Å². The molecule has 1 atom stereocenters. The van der Waals surface area contributed by atoms with Crippen molar-refractivity contribution in [2.24, 2.45) is 5.92 Å². The van der Waals surface area contributed by atoms with Crippen molar-refractivity contribution in [3.8, 4) is 0 Å². The zero-order valence-corrected chi connectivity index (χ0v) is 12.9. The van der Waals surface area contributed by atoms with E-state index in [0.29, 0.717) is 6.04 Å². The van der Waals surface area contributed by atoms with Gasteiger partial charge >= 0.3 is 0 Å². The molecule has 2 heteroatoms. The third kappa shape index (κ3) is 4.32. The molecule has 1 aliphatic carbocycles. The number of benzene rings is 1. The van der Waals surface area contributed by atoms with Crippen LogP contribution < -0.4 is 5.32 Å². The molecule has 2 rings (SSSR count). The number of aliphatic hydroxyl groups excluding tert-OH is 1. The third-order valence-corrected chi connectivity index (χ3v) is 4.67. The first-order valence-electron chi connectivity index (χ1n) is 8.23. The highest BCUT2D eigenvalue weighted by atomic mass is 16.3. The largest absolute Gasteiger partial charge is 0.393 e. The molecule has 0 saturated heterocycles. The van der Waals surface area contributed by atoms with Crippen LogP contribution >= 0.6 is 0 Å². The summed E-state index contributed by atoms with van der Waals surface area (Å²) in [4.78, 5) is 0. The van der Waals surface area contributed by atoms with E-state index in [2.05, 4.69) is 43.4 Å². The first-order chi connectivity index (χ1) is 9.72. The predicted molar refractivity (Wildman–Crippen MR) is 84.8 cm³/mol. The highest BCUT2D eigenvalue weighted by Crippen LogP contribution is 2.25. The van der Waals surface area contributed by atoms with Crippen LogP contribution in [0.15, 0.2) is 24.3 Å². The fraction of sp³-hybridized carbons (Fsp3) is 0.667. The fourth-order valence-electron chi connectivity index (χ4n) is 3.14. The van der Waals surface area contributed by atoms with Crippen LogP contribution in [0.4, 0.5) is 0 Å². The lowest BCUT2D eigenvalue weighted by Crippen LogP contribution is -2.30. The highest BCUT2D eigenvalue weighted by molar-refractivity contribution is 5.25. The number of hydrogen-bond donors (Lipinski definition) is 2. The first kappa shape index (κ1) is 15.5. The Bertz CT molecular complexity index is 379. The molecule has 0 aliphatic heterocycles. The molecule has 0 heterocycles. The fourth-order valence-corrected chi connectivity index (χ4v) is 3.14. The van der Waals surface area contributed by atoms with Gasteiger partial charge in [0.25, 0.3) is 0 Å². The Kier molecular flexibility index (Phi) is 6.06. The zero-order chi connectivity index (χ0) is 14.4. The second kappa shape index (κ2) is 7.80. The van der Waals surface area contributed by atoms with Crippen LogP contribution in [-0.2, 0) is 6.42 Å². The van der Waals surface area contributed by atoms with Gasteiger partial charge in [-0.2, -0.15) is 0 Å². The zero-order valence-electron chi connectivity index (χ0n) is 12.9. The van der Waals surface area contributed by atoms with Crippen LogP contribution in [0.2, 0.25) is 0 Å². The van der Waals surface area contributed by atoms with E-state index in [1.807, 2.05) is 0 Å². The average molecular weight is 275 g/mol. The normalized spacial score (nSPS) is 24.6. The molecule has 1 saturated carbocycles. The molecule has 0 amide bonds. The molecule has 0 aromatic heterocycles. The molecule has 112 valence electrons. The molecular weight excluding hydrogens is 246 g/mol. The Labute approximate surface area is 123 Å². The van der Waals surface area contributed by atoms with Gasteiger partial charge in [-0.05, 0) is 62.1 Å². The summed E-state index contributed by atoms with van der Waals surface area (Å²) in [5, 5.41) is 13.3. The molecule has 2 nitrogen and oxygen atoms in total. The van der Waals surface area contributed by atoms with E-state index in [0.717, 1.165) is 38.1 Å². The molecule has 20 heavy (non-hydrogen) atoms. The summed E-state index contributed by atoms with van der Waals surface area (Å²) in [6, 6.07) is 9.50. The summed E-state index contributed by atoms with van der Waals surface area (Å²) in [7, 11) is 0. The summed E-state index contributed by atoms with van der Waals surface area (Å²) in [6.45, 7) is 5.53. The van der Waals surface area contributed by atoms with E-state index in [4.69, 9.17) is 0 Å². The maximum atomic E-state index is 9.56. The minimum absolute atomic E-state index is 0.0465. The second-order valence-electron chi connectivity index (χ2n) is 6.14. The Hall–Kier alpha value is -0.860. The quantitative estimate of drug-likeness (QED) is 0.826. The Morgan fingerprint density at radius 2 is 1.75 bits per heavy atom. The van der Waals surface area contributed by atoms with Crippen molar-refractivity contribution in [2.75, 3.05) is 6.54 Å². The van der Waals surface area contributed by atoms with Crippen molar-refractivity contribution in [1.29, 1.82) is 0 Å². The maximum absolute atomic E-state index is 9.56. The Morgan fingerprint density at radius 3 is 2.30 bits per heavy atom. The van der Waals surface area contributed by atoms with E-state index in [1.54, 1.807) is 0 Å². The van der Waals surface area contributed by atoms with Crippen LogP contribution in [0.3, 0.4) is 0 Å². The van der Waals surface area contributed by atoms with Crippen LogP contribution in [-0.4, -0.2) is 17.8 Å². The van der Waals surface area contributed by atoms with Gasteiger partial charge in [0, 0.05) is 6.04 Å². The van der Waals surface area contributed by atoms with Gasteiger partial charge in [0.15, 0.2) is 0 Å². The van der Waals surface area contributed by atoms with Gasteiger partial charge in [-0.25, -0.2) is 0 Å². The van der Waals surface area contributed by atoms with Crippen LogP contribution in [0.25, 0.3) is 0 Å². The number of hydrogen-bond acceptors (Lipinski definition) is 2. The maximum Gasteiger partial charge on any atom is 0.0540 e. The van der Waals surface area contributed by atoms with Gasteiger partial charge in [0.05, 0.1) is 6.10 Å². The lowest BCUT2D eigenvalue weighted by Gasteiger charge is -2.27. The minimum Gasteiger partial charge on any atom is -0.393 e. The topological polar surface area (TPSA) is 32.3 Å². The third-order valence-electron chi connectivity index (χ3n) is 4.67. The number of nitrogens with one attached hydrogen (secondary N) is 1. The minimum atomic E-state index is -0.0465. The molecule has 1 aromatic rings. The number of aryl methyl sites for hydroxylation is 1. The second-order valence-corrected chi connectivity index (χ2v) is 6.14. The van der Waals surface area contributed by atoms with Crippen molar-refractivity contribution in [3.63, 3.8) is 0 Å². The molecule has 0 radical (unpaired) electrons. The first-order valence-corrected chi connectivity index (χ1v) is 8.23. The van der Waals surface area contributed by atoms with Gasteiger partial charge in [0.1, 0.15) is 0 Å². The van der Waals surface area contributed by atoms with E-state index < -0.39 is 0 Å². The van der Waals surface area contributed by atoms with E-state index in [1.165, 1.54) is 24.0 Å². The number of aliphatic hydroxyl groups is 1. The lowest BCUT2D eigenvalue weighted by atomic mass is 9.87. The standard InChI is InChI=1S/C18H29NO/c1-3-14-5-9-16(10-6-14)18(4-2)19-13-15-7-11-17(20)12-8-15/h5-6,9-10,15,17-20H,3-4,7-8,11-13H2,1-2H3. The van der Waals surface area contributed by atoms with Gasteiger partial charge in [-0.15, -0.1) is 0 Å². The molecule has 1 aliphatic rings. The summed E-state index contributed by atoms with van der Waals surface area (Å²) in [5.74, 6) is 0.738. The van der Waals surface area contributed by atoms with Gasteiger partial charge in [0.2, 0.25) is 0 Å². The van der Waals surface area contributed by atoms with Crippen LogP contribution in [0.5, 0.6) is 0 Å². The Balaban J connectivity index is 1.85. The molecule has 0 bridgehead atoms. The molecule has 0 spiro atoms. The molecule has 1 aromatic carbocycles. The summed E-state index contributed by atoms with van der Waals surface area (Å²) >= 11 is 0. The molecular formula is C18H29NO. The van der Waals surface area contributed by atoms with Crippen molar-refractivity contribution >= 4 is 0 Å². The van der Waals surface area contributed by atoms with Crippen molar-refractivity contribution in [1.82, 2.24) is 5.32 Å². The molecule has 2 N–H and O–H groups in total. The smallest absolute Gasteiger partial charge is 0.0540 e. The van der Waals surface area contributed by atoms with E-state index in [-0.39, 0.29) is 6.10 Å². The van der Waals surface area contributed by atoms with Crippen molar-refractivity contribution in [2.45, 2.75) is 64.5 Å². The number of rotatable bonds is 6. The van der Waals surface area contributed by atoms with Crippen molar-refractivity contribution in [3.05, 3.63) is 35.4 Å². The molecule has 1 unspecified atom stereocenters. The average Bonchev–Trinajstić information content (AvgIpc) is 2.50. The van der Waals surface area contributed by atoms with Gasteiger partial charge in [-0.3, -0.25) is 0 Å². The Morgan fingerprint density at radius 1 is 1.10 bits per heavy atom. The summed E-state index contributed by atoms with van der Waals surface area (Å²) in [6.07, 6.45) is 6.48. The lowest BCUT2D eigenvalue weighted by molar-refractivity contribution is 0.107. The van der Waals surface area contributed by atoms with Gasteiger partial charge in [-0.1, -0.05) is 38.1 Å². The predicted octanol–water partition coefficient (Wildman–Crippen LogP) is 3.84. The SMILES string of the molecule is CCc1ccc(C(CC)NCC2CCC(O)CC2)cc1. The summed E-state index contributed by atoms with van der Waals surface area (Å²) in [5.41, 5.74) is 2.81. The van der Waals surface area contributed by atoms with Crippen molar-refractivity contribution < 1.29 is 5.11 Å². The monoisotopic (exact) mass is 275 g/mol. The van der Waals surface area contributed by atoms with Crippen LogP contribution in [0.1, 0.15) is 63.1 Å². The molecule has 1 fully saturated rings. The van der Waals surface area contributed by atoms with E-state index >= 15 is 0 Å². The van der Waals surface area contributed by atoms with Crippen LogP contribution in [0, 0.1) is 5.92 Å². The summed E-state index contributed by atoms with van der Waals surface area (Å²) < 4.78 is 0. The highest BCUT2D eigenvalue weighted by Gasteiger charge is 2.20.